The van der Waals surface area contributed by atoms with Crippen LogP contribution >= 0.6 is 0 Å². The molecule has 158 valence electrons. The van der Waals surface area contributed by atoms with Crippen molar-refractivity contribution in [3.63, 3.8) is 0 Å². The number of amides is 2. The van der Waals surface area contributed by atoms with Gasteiger partial charge in [-0.25, -0.2) is 0 Å². The lowest BCUT2D eigenvalue weighted by molar-refractivity contribution is -0.122. The second-order valence-electron chi connectivity index (χ2n) is 8.58. The van der Waals surface area contributed by atoms with Crippen molar-refractivity contribution in [1.29, 1.82) is 0 Å². The van der Waals surface area contributed by atoms with Crippen LogP contribution in [0.2, 0.25) is 0 Å². The minimum Gasteiger partial charge on any atom is -0.354 e. The fourth-order valence-electron chi connectivity index (χ4n) is 4.69. The third-order valence-electron chi connectivity index (χ3n) is 6.21. The van der Waals surface area contributed by atoms with E-state index in [0.717, 1.165) is 43.2 Å². The van der Waals surface area contributed by atoms with Crippen LogP contribution in [0.5, 0.6) is 0 Å². The SMILES string of the molecule is CC1CCCN(CCCNC(=O)C2Cc3ccccc3N2C(=O)c2ccccc2)C1. The predicted octanol–water partition coefficient (Wildman–Crippen LogP) is 3.50. The van der Waals surface area contributed by atoms with Crippen molar-refractivity contribution in [3.05, 3.63) is 65.7 Å². The van der Waals surface area contributed by atoms with E-state index in [0.29, 0.717) is 18.5 Å². The number of piperidine rings is 1. The van der Waals surface area contributed by atoms with Crippen LogP contribution in [0.3, 0.4) is 0 Å². The van der Waals surface area contributed by atoms with Gasteiger partial charge >= 0.3 is 0 Å². The maximum Gasteiger partial charge on any atom is 0.259 e. The Kier molecular flexibility index (Phi) is 6.48. The lowest BCUT2D eigenvalue weighted by Crippen LogP contribution is -2.48. The summed E-state index contributed by atoms with van der Waals surface area (Å²) in [6.45, 7) is 6.29. The first kappa shape index (κ1) is 20.6. The molecule has 0 spiro atoms. The molecule has 0 aliphatic carbocycles. The van der Waals surface area contributed by atoms with Gasteiger partial charge < -0.3 is 10.2 Å². The first-order valence-electron chi connectivity index (χ1n) is 11.1. The molecule has 2 aromatic carbocycles. The molecule has 0 aromatic heterocycles. The average Bonchev–Trinajstić information content (AvgIpc) is 3.16. The lowest BCUT2D eigenvalue weighted by Gasteiger charge is -2.30. The first-order valence-corrected chi connectivity index (χ1v) is 11.1. The van der Waals surface area contributed by atoms with E-state index in [1.165, 1.54) is 12.8 Å². The van der Waals surface area contributed by atoms with Crippen LogP contribution in [-0.4, -0.2) is 48.9 Å². The van der Waals surface area contributed by atoms with E-state index in [1.54, 1.807) is 17.0 Å². The molecule has 2 atom stereocenters. The Bertz CT molecular complexity index is 883. The number of anilines is 1. The van der Waals surface area contributed by atoms with Crippen molar-refractivity contribution in [2.45, 2.75) is 38.6 Å². The van der Waals surface area contributed by atoms with E-state index in [-0.39, 0.29) is 11.8 Å². The second kappa shape index (κ2) is 9.43. The second-order valence-corrected chi connectivity index (χ2v) is 8.58. The average molecular weight is 406 g/mol. The van der Waals surface area contributed by atoms with Crippen LogP contribution < -0.4 is 10.2 Å². The smallest absolute Gasteiger partial charge is 0.259 e. The van der Waals surface area contributed by atoms with Gasteiger partial charge in [-0.1, -0.05) is 43.3 Å². The van der Waals surface area contributed by atoms with Crippen LogP contribution in [-0.2, 0) is 11.2 Å². The quantitative estimate of drug-likeness (QED) is 0.749. The molecule has 1 N–H and O–H groups in total. The number of fused-ring (bicyclic) bond motifs is 1. The minimum atomic E-state index is -0.495. The Morgan fingerprint density at radius 3 is 2.63 bits per heavy atom. The van der Waals surface area contributed by atoms with Gasteiger partial charge in [-0.05, 0) is 62.0 Å². The number of hydrogen-bond donors (Lipinski definition) is 1. The zero-order valence-corrected chi connectivity index (χ0v) is 17.7. The number of rotatable bonds is 6. The van der Waals surface area contributed by atoms with Gasteiger partial charge in [0.05, 0.1) is 0 Å². The molecule has 2 amide bonds. The molecule has 5 nitrogen and oxygen atoms in total. The van der Waals surface area contributed by atoms with E-state index >= 15 is 0 Å². The van der Waals surface area contributed by atoms with Gasteiger partial charge in [0.1, 0.15) is 6.04 Å². The standard InChI is InChI=1S/C25H31N3O2/c1-19-9-7-15-27(18-19)16-8-14-26-24(29)23-17-21-12-5-6-13-22(21)28(23)25(30)20-10-3-2-4-11-20/h2-6,10-13,19,23H,7-9,14-18H2,1H3,(H,26,29). The number of hydrogen-bond acceptors (Lipinski definition) is 3. The van der Waals surface area contributed by atoms with Gasteiger partial charge in [-0.3, -0.25) is 14.5 Å². The summed E-state index contributed by atoms with van der Waals surface area (Å²) >= 11 is 0. The number of carbonyl (C=O) groups is 2. The molecule has 2 aliphatic rings. The van der Waals surface area contributed by atoms with Crippen LogP contribution in [0.25, 0.3) is 0 Å². The number of nitrogens with zero attached hydrogens (tertiary/aromatic N) is 2. The van der Waals surface area contributed by atoms with Crippen molar-refractivity contribution in [2.75, 3.05) is 31.1 Å². The maximum absolute atomic E-state index is 13.2. The summed E-state index contributed by atoms with van der Waals surface area (Å²) in [7, 11) is 0. The summed E-state index contributed by atoms with van der Waals surface area (Å²) in [5.74, 6) is 0.577. The molecule has 4 rings (SSSR count). The van der Waals surface area contributed by atoms with Crippen LogP contribution in [0.1, 0.15) is 42.1 Å². The number of likely N-dealkylation sites (tertiary alicyclic amines) is 1. The summed E-state index contributed by atoms with van der Waals surface area (Å²) in [5.41, 5.74) is 2.49. The molecule has 2 heterocycles. The number of nitrogens with one attached hydrogen (secondary N) is 1. The van der Waals surface area contributed by atoms with Crippen molar-refractivity contribution >= 4 is 17.5 Å². The molecule has 0 saturated carbocycles. The largest absolute Gasteiger partial charge is 0.354 e. The predicted molar refractivity (Wildman–Crippen MR) is 120 cm³/mol. The van der Waals surface area contributed by atoms with Crippen molar-refractivity contribution < 1.29 is 9.59 Å². The highest BCUT2D eigenvalue weighted by Gasteiger charge is 2.38. The molecule has 2 aromatic rings. The monoisotopic (exact) mass is 405 g/mol. The molecular weight excluding hydrogens is 374 g/mol. The Labute approximate surface area is 179 Å². The summed E-state index contributed by atoms with van der Waals surface area (Å²) in [6.07, 6.45) is 4.08. The van der Waals surface area contributed by atoms with Crippen molar-refractivity contribution in [2.24, 2.45) is 5.92 Å². The van der Waals surface area contributed by atoms with Crippen LogP contribution in [0.4, 0.5) is 5.69 Å². The van der Waals surface area contributed by atoms with Crippen molar-refractivity contribution in [1.82, 2.24) is 10.2 Å². The molecule has 0 radical (unpaired) electrons. The van der Waals surface area contributed by atoms with Gasteiger partial charge in [-0.15, -0.1) is 0 Å². The summed E-state index contributed by atoms with van der Waals surface area (Å²) in [5, 5.41) is 3.09. The zero-order valence-electron chi connectivity index (χ0n) is 17.7. The highest BCUT2D eigenvalue weighted by atomic mass is 16.2. The van der Waals surface area contributed by atoms with Crippen LogP contribution in [0, 0.1) is 5.92 Å². The van der Waals surface area contributed by atoms with Crippen LogP contribution in [0.15, 0.2) is 54.6 Å². The number of benzene rings is 2. The molecule has 0 bridgehead atoms. The van der Waals surface area contributed by atoms with Gasteiger partial charge in [0, 0.05) is 30.8 Å². The number of carbonyl (C=O) groups excluding carboxylic acids is 2. The molecule has 5 heteroatoms. The first-order chi connectivity index (χ1) is 14.6. The van der Waals surface area contributed by atoms with E-state index in [9.17, 15) is 9.59 Å². The Hall–Kier alpha value is -2.66. The van der Waals surface area contributed by atoms with Crippen molar-refractivity contribution in [3.8, 4) is 0 Å². The van der Waals surface area contributed by atoms with Gasteiger partial charge in [0.15, 0.2) is 0 Å². The highest BCUT2D eigenvalue weighted by molar-refractivity contribution is 6.11. The number of para-hydroxylation sites is 1. The lowest BCUT2D eigenvalue weighted by atomic mass is 10.0. The maximum atomic E-state index is 13.2. The minimum absolute atomic E-state index is 0.0671. The molecule has 30 heavy (non-hydrogen) atoms. The Balaban J connectivity index is 1.39. The summed E-state index contributed by atoms with van der Waals surface area (Å²) < 4.78 is 0. The highest BCUT2D eigenvalue weighted by Crippen LogP contribution is 2.33. The van der Waals surface area contributed by atoms with Gasteiger partial charge in [-0.2, -0.15) is 0 Å². The van der Waals surface area contributed by atoms with E-state index in [2.05, 4.69) is 17.1 Å². The van der Waals surface area contributed by atoms with E-state index < -0.39 is 6.04 Å². The molecule has 1 fully saturated rings. The normalized spacial score (nSPS) is 21.3. The topological polar surface area (TPSA) is 52.7 Å². The fraction of sp³-hybridized carbons (Fsp3) is 0.440. The van der Waals surface area contributed by atoms with Gasteiger partial charge in [0.25, 0.3) is 5.91 Å². The molecule has 1 saturated heterocycles. The molecule has 2 unspecified atom stereocenters. The Morgan fingerprint density at radius 2 is 1.83 bits per heavy atom. The zero-order chi connectivity index (χ0) is 20.9. The Morgan fingerprint density at radius 1 is 1.07 bits per heavy atom. The van der Waals surface area contributed by atoms with E-state index in [4.69, 9.17) is 0 Å². The fourth-order valence-corrected chi connectivity index (χ4v) is 4.69. The molecule has 2 aliphatic heterocycles. The summed E-state index contributed by atoms with van der Waals surface area (Å²) in [4.78, 5) is 30.4. The van der Waals surface area contributed by atoms with Gasteiger partial charge in [0.2, 0.25) is 5.91 Å². The molecular formula is C25H31N3O2. The van der Waals surface area contributed by atoms with E-state index in [1.807, 2.05) is 42.5 Å². The third-order valence-corrected chi connectivity index (χ3v) is 6.21. The third kappa shape index (κ3) is 4.57. The summed E-state index contributed by atoms with van der Waals surface area (Å²) in [6, 6.07) is 16.5.